The number of aromatic nitrogens is 1. The predicted molar refractivity (Wildman–Crippen MR) is 62.1 cm³/mol. The van der Waals surface area contributed by atoms with Crippen molar-refractivity contribution in [3.63, 3.8) is 0 Å². The first-order valence-corrected chi connectivity index (χ1v) is 5.28. The Kier molecular flexibility index (Phi) is 4.28. The zero-order valence-electron chi connectivity index (χ0n) is 10.2. The fourth-order valence-electron chi connectivity index (χ4n) is 1.42. The molecular weight excluding hydrogens is 204 g/mol. The second-order valence-electron chi connectivity index (χ2n) is 4.06. The zero-order valence-corrected chi connectivity index (χ0v) is 10.2. The van der Waals surface area contributed by atoms with E-state index < -0.39 is 0 Å². The van der Waals surface area contributed by atoms with E-state index in [9.17, 15) is 4.79 Å². The second kappa shape index (κ2) is 5.49. The highest BCUT2D eigenvalue weighted by atomic mass is 16.5. The maximum absolute atomic E-state index is 11.7. The Morgan fingerprint density at radius 2 is 2.19 bits per heavy atom. The first-order chi connectivity index (χ1) is 7.54. The SMILES string of the molecule is COc1ccc(CN(C)C(=O)C(C)C)cn1. The largest absolute Gasteiger partial charge is 0.481 e. The topological polar surface area (TPSA) is 42.4 Å². The van der Waals surface area contributed by atoms with Gasteiger partial charge in [0.2, 0.25) is 11.8 Å². The molecule has 0 bridgehead atoms. The highest BCUT2D eigenvalue weighted by molar-refractivity contribution is 5.77. The van der Waals surface area contributed by atoms with Crippen molar-refractivity contribution in [2.45, 2.75) is 20.4 Å². The van der Waals surface area contributed by atoms with Gasteiger partial charge in [-0.2, -0.15) is 0 Å². The number of rotatable bonds is 4. The van der Waals surface area contributed by atoms with Gasteiger partial charge >= 0.3 is 0 Å². The molecule has 0 aliphatic carbocycles. The molecule has 1 aromatic heterocycles. The first kappa shape index (κ1) is 12.5. The van der Waals surface area contributed by atoms with Crippen molar-refractivity contribution in [3.05, 3.63) is 23.9 Å². The van der Waals surface area contributed by atoms with Crippen LogP contribution in [-0.2, 0) is 11.3 Å². The van der Waals surface area contributed by atoms with E-state index in [0.717, 1.165) is 5.56 Å². The van der Waals surface area contributed by atoms with Crippen molar-refractivity contribution in [1.29, 1.82) is 0 Å². The van der Waals surface area contributed by atoms with Crippen LogP contribution in [0.3, 0.4) is 0 Å². The molecular formula is C12H18N2O2. The molecule has 0 N–H and O–H groups in total. The van der Waals surface area contributed by atoms with Gasteiger partial charge in [-0.05, 0) is 5.56 Å². The standard InChI is InChI=1S/C12H18N2O2/c1-9(2)12(15)14(3)8-10-5-6-11(16-4)13-7-10/h5-7,9H,8H2,1-4H3. The molecule has 0 saturated heterocycles. The molecule has 1 amide bonds. The van der Waals surface area contributed by atoms with Crippen LogP contribution in [0.2, 0.25) is 0 Å². The molecule has 0 spiro atoms. The van der Waals surface area contributed by atoms with E-state index in [1.807, 2.05) is 19.9 Å². The van der Waals surface area contributed by atoms with E-state index in [0.29, 0.717) is 12.4 Å². The summed E-state index contributed by atoms with van der Waals surface area (Å²) >= 11 is 0. The number of amides is 1. The van der Waals surface area contributed by atoms with E-state index in [1.54, 1.807) is 31.3 Å². The second-order valence-corrected chi connectivity index (χ2v) is 4.06. The molecule has 1 aromatic rings. The molecule has 0 radical (unpaired) electrons. The Balaban J connectivity index is 2.62. The van der Waals surface area contributed by atoms with Gasteiger partial charge in [0.1, 0.15) is 0 Å². The minimum Gasteiger partial charge on any atom is -0.481 e. The van der Waals surface area contributed by atoms with Crippen LogP contribution in [0.25, 0.3) is 0 Å². The summed E-state index contributed by atoms with van der Waals surface area (Å²) in [5, 5.41) is 0. The summed E-state index contributed by atoms with van der Waals surface area (Å²) < 4.78 is 4.97. The summed E-state index contributed by atoms with van der Waals surface area (Å²) in [5.74, 6) is 0.744. The lowest BCUT2D eigenvalue weighted by Crippen LogP contribution is -2.29. The van der Waals surface area contributed by atoms with Gasteiger partial charge in [0.05, 0.1) is 7.11 Å². The van der Waals surface area contributed by atoms with Crippen LogP contribution in [-0.4, -0.2) is 29.9 Å². The molecule has 0 aliphatic rings. The molecule has 4 nitrogen and oxygen atoms in total. The van der Waals surface area contributed by atoms with Crippen LogP contribution < -0.4 is 4.74 Å². The summed E-state index contributed by atoms with van der Waals surface area (Å²) in [6.07, 6.45) is 1.73. The molecule has 1 rings (SSSR count). The van der Waals surface area contributed by atoms with Gasteiger partial charge in [0, 0.05) is 31.8 Å². The van der Waals surface area contributed by atoms with Crippen molar-refractivity contribution in [2.75, 3.05) is 14.2 Å². The normalized spacial score (nSPS) is 10.3. The fraction of sp³-hybridized carbons (Fsp3) is 0.500. The molecule has 1 heterocycles. The Morgan fingerprint density at radius 1 is 1.50 bits per heavy atom. The highest BCUT2D eigenvalue weighted by Crippen LogP contribution is 2.09. The van der Waals surface area contributed by atoms with Gasteiger partial charge < -0.3 is 9.64 Å². The lowest BCUT2D eigenvalue weighted by atomic mass is 10.2. The molecule has 0 atom stereocenters. The molecule has 0 saturated carbocycles. The number of hydrogen-bond donors (Lipinski definition) is 0. The molecule has 0 aliphatic heterocycles. The maximum Gasteiger partial charge on any atom is 0.225 e. The Morgan fingerprint density at radius 3 is 2.62 bits per heavy atom. The van der Waals surface area contributed by atoms with Gasteiger partial charge in [0.25, 0.3) is 0 Å². The smallest absolute Gasteiger partial charge is 0.225 e. The van der Waals surface area contributed by atoms with Crippen molar-refractivity contribution in [1.82, 2.24) is 9.88 Å². The lowest BCUT2D eigenvalue weighted by molar-refractivity contribution is -0.133. The van der Waals surface area contributed by atoms with E-state index in [4.69, 9.17) is 4.74 Å². The van der Waals surface area contributed by atoms with Gasteiger partial charge in [-0.15, -0.1) is 0 Å². The molecule has 16 heavy (non-hydrogen) atoms. The van der Waals surface area contributed by atoms with Crippen molar-refractivity contribution in [3.8, 4) is 5.88 Å². The summed E-state index contributed by atoms with van der Waals surface area (Å²) in [4.78, 5) is 17.4. The van der Waals surface area contributed by atoms with E-state index in [2.05, 4.69) is 4.98 Å². The Bertz CT molecular complexity index is 347. The Hall–Kier alpha value is -1.58. The quantitative estimate of drug-likeness (QED) is 0.778. The number of carbonyl (C=O) groups is 1. The third kappa shape index (κ3) is 3.22. The summed E-state index contributed by atoms with van der Waals surface area (Å²) in [5.41, 5.74) is 0.998. The third-order valence-electron chi connectivity index (χ3n) is 2.30. The van der Waals surface area contributed by atoms with Crippen LogP contribution in [0.4, 0.5) is 0 Å². The minimum absolute atomic E-state index is 0.0243. The van der Waals surface area contributed by atoms with Crippen LogP contribution in [0.1, 0.15) is 19.4 Å². The summed E-state index contributed by atoms with van der Waals surface area (Å²) in [6.45, 7) is 4.37. The average Bonchev–Trinajstić information content (AvgIpc) is 2.28. The number of carbonyl (C=O) groups excluding carboxylic acids is 1. The van der Waals surface area contributed by atoms with Crippen LogP contribution >= 0.6 is 0 Å². The molecule has 4 heteroatoms. The van der Waals surface area contributed by atoms with Gasteiger partial charge in [-0.3, -0.25) is 4.79 Å². The molecule has 0 fully saturated rings. The molecule has 88 valence electrons. The number of nitrogens with zero attached hydrogens (tertiary/aromatic N) is 2. The van der Waals surface area contributed by atoms with Gasteiger partial charge in [-0.25, -0.2) is 4.98 Å². The fourth-order valence-corrected chi connectivity index (χ4v) is 1.42. The average molecular weight is 222 g/mol. The Labute approximate surface area is 96.2 Å². The minimum atomic E-state index is 0.0243. The van der Waals surface area contributed by atoms with Crippen molar-refractivity contribution < 1.29 is 9.53 Å². The number of pyridine rings is 1. The number of ether oxygens (including phenoxy) is 1. The van der Waals surface area contributed by atoms with Crippen LogP contribution in [0.5, 0.6) is 5.88 Å². The highest BCUT2D eigenvalue weighted by Gasteiger charge is 2.12. The van der Waals surface area contributed by atoms with E-state index in [-0.39, 0.29) is 11.8 Å². The maximum atomic E-state index is 11.7. The first-order valence-electron chi connectivity index (χ1n) is 5.28. The summed E-state index contributed by atoms with van der Waals surface area (Å²) in [6, 6.07) is 3.71. The van der Waals surface area contributed by atoms with Crippen molar-refractivity contribution in [2.24, 2.45) is 5.92 Å². The van der Waals surface area contributed by atoms with Gasteiger partial charge in [-0.1, -0.05) is 19.9 Å². The zero-order chi connectivity index (χ0) is 12.1. The number of hydrogen-bond acceptors (Lipinski definition) is 3. The third-order valence-corrected chi connectivity index (χ3v) is 2.30. The van der Waals surface area contributed by atoms with Crippen LogP contribution in [0, 0.1) is 5.92 Å². The van der Waals surface area contributed by atoms with Crippen LogP contribution in [0.15, 0.2) is 18.3 Å². The van der Waals surface area contributed by atoms with Gasteiger partial charge in [0.15, 0.2) is 0 Å². The molecule has 0 aromatic carbocycles. The number of methoxy groups -OCH3 is 1. The summed E-state index contributed by atoms with van der Waals surface area (Å²) in [7, 11) is 3.38. The molecule has 0 unspecified atom stereocenters. The lowest BCUT2D eigenvalue weighted by Gasteiger charge is -2.19. The van der Waals surface area contributed by atoms with E-state index in [1.165, 1.54) is 0 Å². The predicted octanol–water partition coefficient (Wildman–Crippen LogP) is 1.70. The van der Waals surface area contributed by atoms with Crippen molar-refractivity contribution >= 4 is 5.91 Å². The monoisotopic (exact) mass is 222 g/mol. The van der Waals surface area contributed by atoms with E-state index >= 15 is 0 Å².